The summed E-state index contributed by atoms with van der Waals surface area (Å²) in [5, 5.41) is 9.61. The minimum absolute atomic E-state index is 0.263. The lowest BCUT2D eigenvalue weighted by Gasteiger charge is -2.35. The second-order valence-corrected chi connectivity index (χ2v) is 4.82. The van der Waals surface area contributed by atoms with E-state index in [1.54, 1.807) is 13.2 Å². The molecule has 4 nitrogen and oxygen atoms in total. The zero-order valence-electron chi connectivity index (χ0n) is 11.6. The quantitative estimate of drug-likeness (QED) is 0.793. The molecule has 1 aliphatic rings. The van der Waals surface area contributed by atoms with E-state index in [-0.39, 0.29) is 5.92 Å². The molecular formula is C16H17NO3. The van der Waals surface area contributed by atoms with Crippen LogP contribution in [-0.2, 0) is 14.3 Å². The van der Waals surface area contributed by atoms with Crippen molar-refractivity contribution < 1.29 is 14.3 Å². The normalized spacial score (nSPS) is 25.2. The van der Waals surface area contributed by atoms with E-state index < -0.39 is 11.4 Å². The summed E-state index contributed by atoms with van der Waals surface area (Å²) in [4.78, 5) is 12.2. The average Bonchev–Trinajstić information content (AvgIpc) is 2.54. The van der Waals surface area contributed by atoms with Gasteiger partial charge in [0.05, 0.1) is 26.0 Å². The van der Waals surface area contributed by atoms with Crippen LogP contribution in [0.3, 0.4) is 0 Å². The van der Waals surface area contributed by atoms with Crippen molar-refractivity contribution in [3.05, 3.63) is 47.7 Å². The third-order valence-electron chi connectivity index (χ3n) is 3.87. The Balaban J connectivity index is 2.50. The van der Waals surface area contributed by atoms with Crippen LogP contribution >= 0.6 is 0 Å². The molecule has 1 aliphatic carbocycles. The Labute approximate surface area is 118 Å². The molecule has 0 fully saturated rings. The van der Waals surface area contributed by atoms with Crippen LogP contribution in [-0.4, -0.2) is 20.2 Å². The van der Waals surface area contributed by atoms with Gasteiger partial charge in [0, 0.05) is 12.3 Å². The Morgan fingerprint density at radius 2 is 2.05 bits per heavy atom. The average molecular weight is 271 g/mol. The Morgan fingerprint density at radius 3 is 2.60 bits per heavy atom. The molecule has 0 saturated carbocycles. The van der Waals surface area contributed by atoms with Crippen LogP contribution in [0.15, 0.2) is 42.2 Å². The van der Waals surface area contributed by atoms with E-state index in [1.807, 2.05) is 30.3 Å². The lowest BCUT2D eigenvalue weighted by molar-refractivity contribution is -0.150. The Bertz CT molecular complexity index is 559. The number of carbonyl (C=O) groups excluding carboxylic acids is 1. The van der Waals surface area contributed by atoms with Crippen LogP contribution in [0.5, 0.6) is 0 Å². The van der Waals surface area contributed by atoms with Crippen LogP contribution in [0.1, 0.15) is 24.3 Å². The number of ether oxygens (including phenoxy) is 2. The van der Waals surface area contributed by atoms with Gasteiger partial charge in [0.2, 0.25) is 0 Å². The molecule has 0 spiro atoms. The van der Waals surface area contributed by atoms with Gasteiger partial charge in [-0.15, -0.1) is 0 Å². The molecule has 0 saturated heterocycles. The van der Waals surface area contributed by atoms with Crippen molar-refractivity contribution in [2.75, 3.05) is 14.2 Å². The van der Waals surface area contributed by atoms with E-state index >= 15 is 0 Å². The smallest absolute Gasteiger partial charge is 0.327 e. The van der Waals surface area contributed by atoms with Gasteiger partial charge in [-0.1, -0.05) is 30.3 Å². The summed E-state index contributed by atoms with van der Waals surface area (Å²) in [7, 11) is 2.92. The highest BCUT2D eigenvalue weighted by Crippen LogP contribution is 2.47. The largest absolute Gasteiger partial charge is 0.501 e. The summed E-state index contributed by atoms with van der Waals surface area (Å²) in [6.45, 7) is 0. The van der Waals surface area contributed by atoms with E-state index in [0.29, 0.717) is 12.8 Å². The van der Waals surface area contributed by atoms with E-state index in [9.17, 15) is 10.1 Å². The van der Waals surface area contributed by atoms with Gasteiger partial charge in [-0.25, -0.2) is 0 Å². The molecule has 20 heavy (non-hydrogen) atoms. The molecule has 0 aromatic heterocycles. The third kappa shape index (κ3) is 2.27. The van der Waals surface area contributed by atoms with E-state index in [2.05, 4.69) is 6.07 Å². The molecule has 1 aromatic carbocycles. The Kier molecular flexibility index (Phi) is 4.09. The number of hydrogen-bond acceptors (Lipinski definition) is 4. The number of allylic oxidation sites excluding steroid dienone is 2. The van der Waals surface area contributed by atoms with Crippen molar-refractivity contribution in [1.29, 1.82) is 5.26 Å². The van der Waals surface area contributed by atoms with Gasteiger partial charge < -0.3 is 9.47 Å². The number of benzene rings is 1. The summed E-state index contributed by atoms with van der Waals surface area (Å²) in [5.74, 6) is 0.0509. The highest BCUT2D eigenvalue weighted by molar-refractivity contribution is 5.82. The molecule has 4 heteroatoms. The number of esters is 1. The number of carbonyl (C=O) groups is 1. The minimum Gasteiger partial charge on any atom is -0.501 e. The maximum atomic E-state index is 12.2. The molecule has 0 heterocycles. The number of hydrogen-bond donors (Lipinski definition) is 0. The van der Waals surface area contributed by atoms with Crippen molar-refractivity contribution in [1.82, 2.24) is 0 Å². The van der Waals surface area contributed by atoms with E-state index in [4.69, 9.17) is 9.47 Å². The monoisotopic (exact) mass is 271 g/mol. The van der Waals surface area contributed by atoms with E-state index in [0.717, 1.165) is 11.3 Å². The SMILES string of the molecule is COC(=O)[C@@]1(C#N)CC=C(OC)C[C@@H]1c1ccccc1. The zero-order chi connectivity index (χ0) is 14.6. The molecule has 1 aromatic rings. The Hall–Kier alpha value is -2.28. The number of rotatable bonds is 3. The van der Waals surface area contributed by atoms with Gasteiger partial charge in [-0.05, 0) is 18.1 Å². The van der Waals surface area contributed by atoms with Crippen LogP contribution in [0.4, 0.5) is 0 Å². The summed E-state index contributed by atoms with van der Waals surface area (Å²) in [5.41, 5.74) is -0.236. The lowest BCUT2D eigenvalue weighted by Crippen LogP contribution is -2.39. The van der Waals surface area contributed by atoms with Crippen molar-refractivity contribution in [3.63, 3.8) is 0 Å². The first-order valence-electron chi connectivity index (χ1n) is 6.45. The molecule has 0 unspecified atom stereocenters. The first kappa shape index (κ1) is 14.1. The predicted molar refractivity (Wildman–Crippen MR) is 73.6 cm³/mol. The van der Waals surface area contributed by atoms with Gasteiger partial charge in [-0.3, -0.25) is 4.79 Å². The van der Waals surface area contributed by atoms with Crippen LogP contribution in [0.25, 0.3) is 0 Å². The topological polar surface area (TPSA) is 59.3 Å². The molecule has 0 aliphatic heterocycles. The van der Waals surface area contributed by atoms with Crippen molar-refractivity contribution in [2.24, 2.45) is 5.41 Å². The Morgan fingerprint density at radius 1 is 1.35 bits per heavy atom. The second-order valence-electron chi connectivity index (χ2n) is 4.82. The maximum absolute atomic E-state index is 12.2. The van der Waals surface area contributed by atoms with Gasteiger partial charge in [0.15, 0.2) is 5.41 Å². The summed E-state index contributed by atoms with van der Waals surface area (Å²) in [6.07, 6.45) is 2.63. The second kappa shape index (κ2) is 5.79. The third-order valence-corrected chi connectivity index (χ3v) is 3.87. The highest BCUT2D eigenvalue weighted by Gasteiger charge is 2.49. The van der Waals surface area contributed by atoms with E-state index in [1.165, 1.54) is 7.11 Å². The molecule has 2 atom stereocenters. The zero-order valence-corrected chi connectivity index (χ0v) is 11.6. The number of nitriles is 1. The van der Waals surface area contributed by atoms with Crippen molar-refractivity contribution in [3.8, 4) is 6.07 Å². The fraction of sp³-hybridized carbons (Fsp3) is 0.375. The fourth-order valence-electron chi connectivity index (χ4n) is 2.71. The molecule has 0 amide bonds. The first-order valence-corrected chi connectivity index (χ1v) is 6.45. The molecule has 0 bridgehead atoms. The molecule has 104 valence electrons. The van der Waals surface area contributed by atoms with Gasteiger partial charge >= 0.3 is 5.97 Å². The van der Waals surface area contributed by atoms with Crippen molar-refractivity contribution in [2.45, 2.75) is 18.8 Å². The van der Waals surface area contributed by atoms with Crippen LogP contribution in [0, 0.1) is 16.7 Å². The minimum atomic E-state index is -1.18. The summed E-state index contributed by atoms with van der Waals surface area (Å²) in [6, 6.07) is 11.8. The predicted octanol–water partition coefficient (Wildman–Crippen LogP) is 2.78. The van der Waals surface area contributed by atoms with Gasteiger partial charge in [-0.2, -0.15) is 5.26 Å². The fourth-order valence-corrected chi connectivity index (χ4v) is 2.71. The first-order chi connectivity index (χ1) is 9.67. The van der Waals surface area contributed by atoms with Crippen LogP contribution in [0.2, 0.25) is 0 Å². The van der Waals surface area contributed by atoms with Crippen molar-refractivity contribution >= 4 is 5.97 Å². The molecule has 2 rings (SSSR count). The summed E-state index contributed by atoms with van der Waals surface area (Å²) >= 11 is 0. The summed E-state index contributed by atoms with van der Waals surface area (Å²) < 4.78 is 10.2. The standard InChI is InChI=1S/C16H17NO3/c1-19-13-8-9-16(11-17,15(18)20-2)14(10-13)12-6-4-3-5-7-12/h3-8,14H,9-10H2,1-2H3/t14-,16-/m1/s1. The molecule has 0 N–H and O–H groups in total. The molecular weight excluding hydrogens is 254 g/mol. The maximum Gasteiger partial charge on any atom is 0.327 e. The molecule has 0 radical (unpaired) electrons. The number of nitrogens with zero attached hydrogens (tertiary/aromatic N) is 1. The lowest BCUT2D eigenvalue weighted by atomic mass is 9.66. The highest BCUT2D eigenvalue weighted by atomic mass is 16.5. The number of methoxy groups -OCH3 is 2. The van der Waals surface area contributed by atoms with Gasteiger partial charge in [0.1, 0.15) is 0 Å². The van der Waals surface area contributed by atoms with Gasteiger partial charge in [0.25, 0.3) is 0 Å². The van der Waals surface area contributed by atoms with Crippen LogP contribution < -0.4 is 0 Å².